The Morgan fingerprint density at radius 3 is 2.94 bits per heavy atom. The number of carbonyl (C=O) groups is 1. The summed E-state index contributed by atoms with van der Waals surface area (Å²) in [6, 6.07) is 6.12. The number of nitrogens with zero attached hydrogens (tertiary/aromatic N) is 1. The summed E-state index contributed by atoms with van der Waals surface area (Å²) in [6.45, 7) is 2.26. The second-order valence-electron chi connectivity index (χ2n) is 5.17. The fourth-order valence-electron chi connectivity index (χ4n) is 2.58. The van der Waals surface area contributed by atoms with E-state index in [-0.39, 0.29) is 6.42 Å². The van der Waals surface area contributed by atoms with Crippen LogP contribution in [0, 0.1) is 5.92 Å². The number of carboxylic acids is 1. The molecular weight excluding hydrogens is 214 g/mol. The van der Waals surface area contributed by atoms with E-state index in [4.69, 9.17) is 5.11 Å². The van der Waals surface area contributed by atoms with Gasteiger partial charge in [0.2, 0.25) is 0 Å². The van der Waals surface area contributed by atoms with Crippen LogP contribution >= 0.6 is 0 Å². The highest BCUT2D eigenvalue weighted by molar-refractivity contribution is 5.71. The van der Waals surface area contributed by atoms with Gasteiger partial charge in [-0.1, -0.05) is 12.1 Å². The van der Waals surface area contributed by atoms with Gasteiger partial charge in [0.05, 0.1) is 6.42 Å². The number of carboxylic acid groups (broad SMARTS) is 1. The molecule has 1 aliphatic heterocycles. The number of hydrogen-bond acceptors (Lipinski definition) is 2. The van der Waals surface area contributed by atoms with Crippen LogP contribution in [0.5, 0.6) is 0 Å². The van der Waals surface area contributed by atoms with Gasteiger partial charge in [0.25, 0.3) is 0 Å². The summed E-state index contributed by atoms with van der Waals surface area (Å²) in [6.07, 6.45) is 3.96. The monoisotopic (exact) mass is 231 g/mol. The molecule has 1 aliphatic carbocycles. The van der Waals surface area contributed by atoms with E-state index in [1.807, 2.05) is 6.07 Å². The Morgan fingerprint density at radius 2 is 2.24 bits per heavy atom. The highest BCUT2D eigenvalue weighted by Gasteiger charge is 2.28. The van der Waals surface area contributed by atoms with Crippen LogP contribution in [0.1, 0.15) is 24.0 Å². The van der Waals surface area contributed by atoms with Gasteiger partial charge in [-0.25, -0.2) is 0 Å². The summed E-state index contributed by atoms with van der Waals surface area (Å²) in [5.41, 5.74) is 3.56. The molecule has 0 amide bonds. The lowest BCUT2D eigenvalue weighted by Crippen LogP contribution is -2.23. The third-order valence-electron chi connectivity index (χ3n) is 3.67. The van der Waals surface area contributed by atoms with E-state index >= 15 is 0 Å². The van der Waals surface area contributed by atoms with Gasteiger partial charge >= 0.3 is 5.97 Å². The normalized spacial score (nSPS) is 18.2. The first-order valence-corrected chi connectivity index (χ1v) is 6.31. The fraction of sp³-hybridized carbons (Fsp3) is 0.500. The quantitative estimate of drug-likeness (QED) is 0.862. The molecule has 3 nitrogen and oxygen atoms in total. The molecule has 0 aromatic heterocycles. The van der Waals surface area contributed by atoms with Crippen LogP contribution in [0.4, 0.5) is 5.69 Å². The molecule has 1 aromatic carbocycles. The van der Waals surface area contributed by atoms with Crippen molar-refractivity contribution in [3.05, 3.63) is 29.3 Å². The van der Waals surface area contributed by atoms with E-state index in [1.54, 1.807) is 0 Å². The molecule has 0 spiro atoms. The molecule has 0 bridgehead atoms. The third kappa shape index (κ3) is 2.28. The molecule has 1 N–H and O–H groups in total. The summed E-state index contributed by atoms with van der Waals surface area (Å²) in [7, 11) is 0. The van der Waals surface area contributed by atoms with Crippen LogP contribution in [0.3, 0.4) is 0 Å². The molecule has 1 fully saturated rings. The number of aliphatic carboxylic acids is 1. The fourth-order valence-corrected chi connectivity index (χ4v) is 2.58. The molecule has 3 heteroatoms. The predicted octanol–water partition coefficient (Wildman–Crippen LogP) is 2.09. The van der Waals surface area contributed by atoms with E-state index in [9.17, 15) is 4.79 Å². The predicted molar refractivity (Wildman–Crippen MR) is 66.4 cm³/mol. The standard InChI is InChI=1S/C14H17NO2/c16-14(17)8-11-3-4-12-5-6-15(13(12)7-11)9-10-1-2-10/h3-4,7,10H,1-2,5-6,8-9H2,(H,16,17). The maximum atomic E-state index is 10.7. The summed E-state index contributed by atoms with van der Waals surface area (Å²) in [4.78, 5) is 13.2. The largest absolute Gasteiger partial charge is 0.481 e. The molecule has 3 rings (SSSR count). The number of benzene rings is 1. The Morgan fingerprint density at radius 1 is 1.41 bits per heavy atom. The van der Waals surface area contributed by atoms with E-state index in [1.165, 1.54) is 24.1 Å². The van der Waals surface area contributed by atoms with Gasteiger partial charge in [-0.05, 0) is 42.4 Å². The minimum atomic E-state index is -0.753. The molecule has 0 unspecified atom stereocenters. The van der Waals surface area contributed by atoms with Crippen LogP contribution < -0.4 is 4.90 Å². The molecule has 17 heavy (non-hydrogen) atoms. The summed E-state index contributed by atoms with van der Waals surface area (Å²) < 4.78 is 0. The summed E-state index contributed by atoms with van der Waals surface area (Å²) >= 11 is 0. The van der Waals surface area contributed by atoms with Crippen LogP contribution in [-0.2, 0) is 17.6 Å². The molecule has 90 valence electrons. The molecule has 2 aliphatic rings. The third-order valence-corrected chi connectivity index (χ3v) is 3.67. The van der Waals surface area contributed by atoms with Crippen molar-refractivity contribution in [1.29, 1.82) is 0 Å². The van der Waals surface area contributed by atoms with E-state index in [0.29, 0.717) is 0 Å². The SMILES string of the molecule is O=C(O)Cc1ccc2c(c1)N(CC1CC1)CC2. The first-order valence-electron chi connectivity index (χ1n) is 6.31. The average Bonchev–Trinajstić information content (AvgIpc) is 3.00. The molecule has 1 heterocycles. The van der Waals surface area contributed by atoms with Gasteiger partial charge in [-0.3, -0.25) is 4.79 Å². The van der Waals surface area contributed by atoms with Crippen LogP contribution in [-0.4, -0.2) is 24.2 Å². The Balaban J connectivity index is 1.81. The Labute approximate surface area is 101 Å². The highest BCUT2D eigenvalue weighted by Crippen LogP contribution is 2.35. The van der Waals surface area contributed by atoms with Crippen LogP contribution in [0.25, 0.3) is 0 Å². The van der Waals surface area contributed by atoms with E-state index in [0.717, 1.165) is 31.0 Å². The first kappa shape index (κ1) is 10.6. The lowest BCUT2D eigenvalue weighted by molar-refractivity contribution is -0.136. The maximum Gasteiger partial charge on any atom is 0.307 e. The molecule has 0 saturated heterocycles. The number of anilines is 1. The highest BCUT2D eigenvalue weighted by atomic mass is 16.4. The van der Waals surface area contributed by atoms with Crippen LogP contribution in [0.15, 0.2) is 18.2 Å². The van der Waals surface area contributed by atoms with E-state index in [2.05, 4.69) is 17.0 Å². The summed E-state index contributed by atoms with van der Waals surface area (Å²) in [5.74, 6) is 0.126. The van der Waals surface area contributed by atoms with Crippen molar-refractivity contribution in [2.75, 3.05) is 18.0 Å². The maximum absolute atomic E-state index is 10.7. The molecule has 0 radical (unpaired) electrons. The zero-order valence-electron chi connectivity index (χ0n) is 9.85. The van der Waals surface area contributed by atoms with Crippen molar-refractivity contribution in [2.24, 2.45) is 5.92 Å². The molecule has 1 saturated carbocycles. The second-order valence-corrected chi connectivity index (χ2v) is 5.17. The van der Waals surface area contributed by atoms with Gasteiger partial charge < -0.3 is 10.0 Å². The van der Waals surface area contributed by atoms with Crippen molar-refractivity contribution in [1.82, 2.24) is 0 Å². The smallest absolute Gasteiger partial charge is 0.307 e. The Kier molecular flexibility index (Phi) is 2.54. The number of fused-ring (bicyclic) bond motifs is 1. The van der Waals surface area contributed by atoms with Gasteiger partial charge in [0, 0.05) is 18.8 Å². The summed E-state index contributed by atoms with van der Waals surface area (Å²) in [5, 5.41) is 8.82. The van der Waals surface area contributed by atoms with Gasteiger partial charge in [0.1, 0.15) is 0 Å². The molecule has 0 atom stereocenters. The van der Waals surface area contributed by atoms with Crippen molar-refractivity contribution in [3.63, 3.8) is 0 Å². The minimum Gasteiger partial charge on any atom is -0.481 e. The first-order chi connectivity index (χ1) is 8.22. The van der Waals surface area contributed by atoms with Gasteiger partial charge in [-0.2, -0.15) is 0 Å². The molecule has 1 aromatic rings. The van der Waals surface area contributed by atoms with Crippen molar-refractivity contribution in [2.45, 2.75) is 25.7 Å². The number of rotatable bonds is 4. The number of hydrogen-bond donors (Lipinski definition) is 1. The minimum absolute atomic E-state index is 0.130. The zero-order chi connectivity index (χ0) is 11.8. The average molecular weight is 231 g/mol. The second kappa shape index (κ2) is 4.06. The van der Waals surface area contributed by atoms with Crippen molar-refractivity contribution >= 4 is 11.7 Å². The van der Waals surface area contributed by atoms with Crippen molar-refractivity contribution in [3.8, 4) is 0 Å². The zero-order valence-corrected chi connectivity index (χ0v) is 9.85. The van der Waals surface area contributed by atoms with Crippen LogP contribution in [0.2, 0.25) is 0 Å². The van der Waals surface area contributed by atoms with Gasteiger partial charge in [-0.15, -0.1) is 0 Å². The Hall–Kier alpha value is -1.51. The molecular formula is C14H17NO2. The lowest BCUT2D eigenvalue weighted by Gasteiger charge is -2.19. The lowest BCUT2D eigenvalue weighted by atomic mass is 10.1. The van der Waals surface area contributed by atoms with Crippen molar-refractivity contribution < 1.29 is 9.90 Å². The topological polar surface area (TPSA) is 40.5 Å². The van der Waals surface area contributed by atoms with E-state index < -0.39 is 5.97 Å². The Bertz CT molecular complexity index is 452. The van der Waals surface area contributed by atoms with Gasteiger partial charge in [0.15, 0.2) is 0 Å².